The summed E-state index contributed by atoms with van der Waals surface area (Å²) in [7, 11) is 0. The Labute approximate surface area is 150 Å². The first kappa shape index (κ1) is 18.2. The standard InChI is InChI=1S/C19H20BrNO3/c1-12(2)14-7-8-18(17(20)10-14)24-11-19(23)21-16-6-4-5-15(9-16)13(3)22/h4-10,12H,11H2,1-3H3,(H,21,23). The van der Waals surface area contributed by atoms with Gasteiger partial charge in [-0.25, -0.2) is 0 Å². The number of nitrogens with one attached hydrogen (secondary N) is 1. The van der Waals surface area contributed by atoms with Crippen LogP contribution in [-0.4, -0.2) is 18.3 Å². The molecule has 0 bridgehead atoms. The van der Waals surface area contributed by atoms with Crippen LogP contribution in [0.15, 0.2) is 46.9 Å². The molecule has 24 heavy (non-hydrogen) atoms. The van der Waals surface area contributed by atoms with Gasteiger partial charge in [0.25, 0.3) is 5.91 Å². The lowest BCUT2D eigenvalue weighted by molar-refractivity contribution is -0.118. The number of ether oxygens (including phenoxy) is 1. The van der Waals surface area contributed by atoms with Crippen molar-refractivity contribution in [3.05, 3.63) is 58.1 Å². The van der Waals surface area contributed by atoms with E-state index in [4.69, 9.17) is 4.74 Å². The number of benzene rings is 2. The minimum absolute atomic E-state index is 0.0449. The fraction of sp³-hybridized carbons (Fsp3) is 0.263. The van der Waals surface area contributed by atoms with Gasteiger partial charge in [0.15, 0.2) is 12.4 Å². The molecule has 0 fully saturated rings. The van der Waals surface area contributed by atoms with Gasteiger partial charge in [-0.1, -0.05) is 32.0 Å². The summed E-state index contributed by atoms with van der Waals surface area (Å²) in [5.74, 6) is 0.714. The summed E-state index contributed by atoms with van der Waals surface area (Å²) in [6.45, 7) is 5.61. The second-order valence-electron chi connectivity index (χ2n) is 5.82. The van der Waals surface area contributed by atoms with E-state index >= 15 is 0 Å². The lowest BCUT2D eigenvalue weighted by Crippen LogP contribution is -2.20. The summed E-state index contributed by atoms with van der Waals surface area (Å²) in [4.78, 5) is 23.4. The van der Waals surface area contributed by atoms with Crippen LogP contribution in [0, 0.1) is 0 Å². The smallest absolute Gasteiger partial charge is 0.262 e. The molecule has 0 radical (unpaired) electrons. The van der Waals surface area contributed by atoms with E-state index in [1.54, 1.807) is 24.3 Å². The minimum Gasteiger partial charge on any atom is -0.483 e. The van der Waals surface area contributed by atoms with E-state index in [0.717, 1.165) is 4.47 Å². The number of amides is 1. The molecular formula is C19H20BrNO3. The lowest BCUT2D eigenvalue weighted by atomic mass is 10.0. The van der Waals surface area contributed by atoms with Crippen molar-refractivity contribution in [3.63, 3.8) is 0 Å². The molecule has 0 aliphatic heterocycles. The predicted molar refractivity (Wildman–Crippen MR) is 98.8 cm³/mol. The molecule has 0 atom stereocenters. The molecule has 0 unspecified atom stereocenters. The molecule has 0 saturated heterocycles. The molecule has 126 valence electrons. The van der Waals surface area contributed by atoms with Gasteiger partial charge in [0.05, 0.1) is 4.47 Å². The number of hydrogen-bond donors (Lipinski definition) is 1. The summed E-state index contributed by atoms with van der Waals surface area (Å²) in [6, 6.07) is 12.7. The third-order valence-corrected chi connectivity index (χ3v) is 4.15. The molecule has 1 amide bonds. The Morgan fingerprint density at radius 2 is 1.92 bits per heavy atom. The number of Topliss-reactive ketones (excluding diaryl/α,β-unsaturated/α-hetero) is 1. The predicted octanol–water partition coefficient (Wildman–Crippen LogP) is 4.79. The number of carbonyl (C=O) groups excluding carboxylic acids is 2. The first-order valence-electron chi connectivity index (χ1n) is 7.70. The van der Waals surface area contributed by atoms with Gasteiger partial charge in [-0.2, -0.15) is 0 Å². The molecule has 2 rings (SSSR count). The molecule has 0 aromatic heterocycles. The van der Waals surface area contributed by atoms with E-state index in [9.17, 15) is 9.59 Å². The topological polar surface area (TPSA) is 55.4 Å². The van der Waals surface area contributed by atoms with Gasteiger partial charge in [-0.3, -0.25) is 9.59 Å². The number of ketones is 1. The second-order valence-corrected chi connectivity index (χ2v) is 6.67. The SMILES string of the molecule is CC(=O)c1cccc(NC(=O)COc2ccc(C(C)C)cc2Br)c1. The molecular weight excluding hydrogens is 370 g/mol. The number of hydrogen-bond acceptors (Lipinski definition) is 3. The molecule has 0 saturated carbocycles. The summed E-state index contributed by atoms with van der Waals surface area (Å²) in [5, 5.41) is 2.73. The quantitative estimate of drug-likeness (QED) is 0.722. The van der Waals surface area contributed by atoms with E-state index in [2.05, 4.69) is 35.1 Å². The Balaban J connectivity index is 1.96. The highest BCUT2D eigenvalue weighted by Gasteiger charge is 2.09. The zero-order valence-electron chi connectivity index (χ0n) is 13.9. The minimum atomic E-state index is -0.282. The lowest BCUT2D eigenvalue weighted by Gasteiger charge is -2.12. The third-order valence-electron chi connectivity index (χ3n) is 3.53. The van der Waals surface area contributed by atoms with Gasteiger partial charge >= 0.3 is 0 Å². The van der Waals surface area contributed by atoms with Crippen LogP contribution in [0.5, 0.6) is 5.75 Å². The molecule has 4 nitrogen and oxygen atoms in total. The van der Waals surface area contributed by atoms with Crippen molar-refractivity contribution >= 4 is 33.3 Å². The van der Waals surface area contributed by atoms with E-state index in [-0.39, 0.29) is 18.3 Å². The highest BCUT2D eigenvalue weighted by atomic mass is 79.9. The molecule has 2 aromatic rings. The van der Waals surface area contributed by atoms with E-state index in [1.165, 1.54) is 12.5 Å². The number of carbonyl (C=O) groups is 2. The van der Waals surface area contributed by atoms with Crippen LogP contribution in [0.3, 0.4) is 0 Å². The first-order chi connectivity index (χ1) is 11.4. The van der Waals surface area contributed by atoms with E-state index < -0.39 is 0 Å². The van der Waals surface area contributed by atoms with Gasteiger partial charge < -0.3 is 10.1 Å². The first-order valence-corrected chi connectivity index (χ1v) is 8.49. The average Bonchev–Trinajstić information content (AvgIpc) is 2.53. The van der Waals surface area contributed by atoms with Crippen molar-refractivity contribution in [1.82, 2.24) is 0 Å². The number of halogens is 1. The Morgan fingerprint density at radius 1 is 1.17 bits per heavy atom. The van der Waals surface area contributed by atoms with E-state index in [0.29, 0.717) is 22.9 Å². The molecule has 5 heteroatoms. The van der Waals surface area contributed by atoms with Crippen LogP contribution in [0.25, 0.3) is 0 Å². The molecule has 2 aromatic carbocycles. The molecule has 0 spiro atoms. The Morgan fingerprint density at radius 3 is 2.54 bits per heavy atom. The van der Waals surface area contributed by atoms with Crippen molar-refractivity contribution in [2.24, 2.45) is 0 Å². The zero-order chi connectivity index (χ0) is 17.7. The van der Waals surface area contributed by atoms with Crippen LogP contribution in [0.1, 0.15) is 42.6 Å². The largest absolute Gasteiger partial charge is 0.483 e. The van der Waals surface area contributed by atoms with Crippen molar-refractivity contribution in [1.29, 1.82) is 0 Å². The van der Waals surface area contributed by atoms with Crippen molar-refractivity contribution < 1.29 is 14.3 Å². The Bertz CT molecular complexity index is 756. The fourth-order valence-electron chi connectivity index (χ4n) is 2.15. The van der Waals surface area contributed by atoms with Crippen molar-refractivity contribution in [2.75, 3.05) is 11.9 Å². The van der Waals surface area contributed by atoms with Crippen molar-refractivity contribution in [3.8, 4) is 5.75 Å². The van der Waals surface area contributed by atoms with Crippen molar-refractivity contribution in [2.45, 2.75) is 26.7 Å². The van der Waals surface area contributed by atoms with Crippen LogP contribution >= 0.6 is 15.9 Å². The van der Waals surface area contributed by atoms with Gasteiger partial charge in [-0.05, 0) is 58.6 Å². The summed E-state index contributed by atoms with van der Waals surface area (Å²) >= 11 is 3.46. The Kier molecular flexibility index (Phi) is 6.15. The fourth-order valence-corrected chi connectivity index (χ4v) is 2.66. The highest BCUT2D eigenvalue weighted by molar-refractivity contribution is 9.10. The molecule has 0 aliphatic carbocycles. The number of rotatable bonds is 6. The van der Waals surface area contributed by atoms with Crippen LogP contribution in [-0.2, 0) is 4.79 Å². The molecule has 1 N–H and O–H groups in total. The van der Waals surface area contributed by atoms with Gasteiger partial charge in [-0.15, -0.1) is 0 Å². The zero-order valence-corrected chi connectivity index (χ0v) is 15.5. The Hall–Kier alpha value is -2.14. The maximum atomic E-state index is 12.0. The average molecular weight is 390 g/mol. The second kappa shape index (κ2) is 8.11. The molecule has 0 heterocycles. The normalized spacial score (nSPS) is 10.5. The van der Waals surface area contributed by atoms with Gasteiger partial charge in [0.1, 0.15) is 5.75 Å². The monoisotopic (exact) mass is 389 g/mol. The maximum absolute atomic E-state index is 12.0. The molecule has 0 aliphatic rings. The van der Waals surface area contributed by atoms with Gasteiger partial charge in [0, 0.05) is 11.3 Å². The van der Waals surface area contributed by atoms with Crippen LogP contribution in [0.4, 0.5) is 5.69 Å². The third kappa shape index (κ3) is 4.93. The van der Waals surface area contributed by atoms with E-state index in [1.807, 2.05) is 18.2 Å². The van der Waals surface area contributed by atoms with Crippen LogP contribution < -0.4 is 10.1 Å². The highest BCUT2D eigenvalue weighted by Crippen LogP contribution is 2.28. The summed E-state index contributed by atoms with van der Waals surface area (Å²) in [6.07, 6.45) is 0. The van der Waals surface area contributed by atoms with Gasteiger partial charge in [0.2, 0.25) is 0 Å². The summed E-state index contributed by atoms with van der Waals surface area (Å²) < 4.78 is 6.38. The summed E-state index contributed by atoms with van der Waals surface area (Å²) in [5.41, 5.74) is 2.32. The maximum Gasteiger partial charge on any atom is 0.262 e. The number of anilines is 1. The van der Waals surface area contributed by atoms with Crippen LogP contribution in [0.2, 0.25) is 0 Å².